The summed E-state index contributed by atoms with van der Waals surface area (Å²) in [6, 6.07) is 35.9. The fraction of sp³-hybridized carbons (Fsp3) is 0.394. The van der Waals surface area contributed by atoms with Crippen LogP contribution >= 0.6 is 46.4 Å². The zero-order chi connectivity index (χ0) is 56.4. The number of nitrogens with zero attached hydrogens (tertiary/aromatic N) is 2. The van der Waals surface area contributed by atoms with Crippen LogP contribution in [0, 0.1) is 27.7 Å². The van der Waals surface area contributed by atoms with Crippen LogP contribution in [0.1, 0.15) is 183 Å². The Labute approximate surface area is 481 Å². The van der Waals surface area contributed by atoms with Crippen molar-refractivity contribution >= 4 is 70.2 Å². The van der Waals surface area contributed by atoms with Crippen molar-refractivity contribution in [1.82, 2.24) is 9.80 Å². The second kappa shape index (κ2) is 24.4. The van der Waals surface area contributed by atoms with Gasteiger partial charge in [-0.2, -0.15) is 0 Å². The fourth-order valence-electron chi connectivity index (χ4n) is 12.7. The topological polar surface area (TPSA) is 93.2 Å². The average molecular weight is 1130 g/mol. The van der Waals surface area contributed by atoms with E-state index in [-0.39, 0.29) is 61.4 Å². The van der Waals surface area contributed by atoms with Gasteiger partial charge in [-0.15, -0.1) is 0 Å². The Morgan fingerprint density at radius 2 is 0.846 bits per heavy atom. The van der Waals surface area contributed by atoms with Crippen LogP contribution in [-0.4, -0.2) is 47.6 Å². The summed E-state index contributed by atoms with van der Waals surface area (Å²) >= 11 is 25.4. The van der Waals surface area contributed by atoms with Crippen LogP contribution in [0.2, 0.25) is 20.1 Å². The van der Waals surface area contributed by atoms with Crippen LogP contribution in [0.3, 0.4) is 0 Å². The van der Waals surface area contributed by atoms with Gasteiger partial charge in [0.25, 0.3) is 0 Å². The molecule has 2 amide bonds. The van der Waals surface area contributed by atoms with Crippen molar-refractivity contribution in [2.24, 2.45) is 0 Å². The quantitative estimate of drug-likeness (QED) is 0.0513. The first-order valence-corrected chi connectivity index (χ1v) is 28.7. The van der Waals surface area contributed by atoms with Crippen LogP contribution in [-0.2, 0) is 30.0 Å². The minimum atomic E-state index is -0.690. The number of hydrogen-bond donors (Lipinski definition) is 0. The third-order valence-electron chi connectivity index (χ3n) is 16.2. The molecule has 0 spiro atoms. The van der Waals surface area contributed by atoms with Gasteiger partial charge in [-0.3, -0.25) is 19.2 Å². The lowest BCUT2D eigenvalue weighted by Crippen LogP contribution is -2.37. The molecule has 0 saturated carbocycles. The summed E-state index contributed by atoms with van der Waals surface area (Å²) in [4.78, 5) is 59.7. The van der Waals surface area contributed by atoms with Gasteiger partial charge in [0.05, 0.1) is 32.2 Å². The highest BCUT2D eigenvalue weighted by atomic mass is 35.5. The Morgan fingerprint density at radius 1 is 0.487 bits per heavy atom. The number of unbranched alkanes of at least 4 members (excludes halogenated alkanes) is 1. The number of carbonyl (C=O) groups is 4. The third-order valence-corrected chi connectivity index (χ3v) is 17.7. The smallest absolute Gasteiger partial charge is 0.311 e. The normalized spacial score (nSPS) is 17.2. The number of rotatable bonds is 17. The molecule has 6 aromatic carbocycles. The van der Waals surface area contributed by atoms with Crippen LogP contribution in [0.5, 0.6) is 11.5 Å². The second-order valence-corrected chi connectivity index (χ2v) is 24.7. The lowest BCUT2D eigenvalue weighted by atomic mass is 9.75. The van der Waals surface area contributed by atoms with Crippen LogP contribution in [0.4, 0.5) is 0 Å². The van der Waals surface area contributed by atoms with Crippen molar-refractivity contribution in [2.75, 3.05) is 14.1 Å². The Morgan fingerprint density at radius 3 is 1.21 bits per heavy atom. The van der Waals surface area contributed by atoms with Gasteiger partial charge in [0.15, 0.2) is 0 Å². The molecule has 12 heteroatoms. The van der Waals surface area contributed by atoms with E-state index in [4.69, 9.17) is 55.9 Å². The van der Waals surface area contributed by atoms with E-state index in [0.717, 1.165) is 81.3 Å². The van der Waals surface area contributed by atoms with Crippen molar-refractivity contribution < 1.29 is 28.7 Å². The zero-order valence-electron chi connectivity index (χ0n) is 46.6. The molecule has 0 aromatic heterocycles. The van der Waals surface area contributed by atoms with E-state index in [0.29, 0.717) is 44.4 Å². The molecule has 6 aromatic rings. The number of aryl methyl sites for hydroxylation is 4. The maximum Gasteiger partial charge on any atom is 0.311 e. The summed E-state index contributed by atoms with van der Waals surface area (Å²) in [6.07, 6.45) is 4.62. The Bertz CT molecular complexity index is 3040. The fourth-order valence-corrected chi connectivity index (χ4v) is 13.3. The standard InChI is InChI=1S/C66H72Cl4N2O6/c1-39-31-41(3)63(65(5,6)37-59(73)71(9)55-29-25-45(47-17-11-13-19-49(47)55)43-23-27-51(67)53(69)35-43)57(33-39)77-61(75)21-15-16-22-62(76)78-58-34-40(2)32-42(4)64(58)66(7,8)38-60(74)72(10)56-30-26-46(48-18-12-14-20-50(48)56)44-24-28-52(68)54(70)36-44/h11-14,17-20,23-24,27-28,31-36,45-46,55-56H,15-16,21-22,25-26,29-30,37-38H2,1-10H3/t45-,46-,55-,56-/m0/s1. The van der Waals surface area contributed by atoms with Crippen molar-refractivity contribution in [3.05, 3.63) is 196 Å². The van der Waals surface area contributed by atoms with Gasteiger partial charge < -0.3 is 19.3 Å². The maximum atomic E-state index is 14.4. The predicted octanol–water partition coefficient (Wildman–Crippen LogP) is 17.2. The van der Waals surface area contributed by atoms with E-state index in [1.807, 2.05) is 152 Å². The monoisotopic (exact) mass is 1130 g/mol. The summed E-state index contributed by atoms with van der Waals surface area (Å²) in [5.74, 6) is 0.297. The number of benzene rings is 6. The molecule has 0 saturated heterocycles. The molecule has 0 unspecified atom stereocenters. The molecule has 0 radical (unpaired) electrons. The molecule has 8 rings (SSSR count). The zero-order valence-corrected chi connectivity index (χ0v) is 49.7. The molecular formula is C66H72Cl4N2O6. The molecule has 0 N–H and O–H groups in total. The number of carbonyl (C=O) groups excluding carboxylic acids is 4. The number of halogens is 4. The van der Waals surface area contributed by atoms with Gasteiger partial charge in [0.2, 0.25) is 11.8 Å². The molecule has 8 nitrogen and oxygen atoms in total. The van der Waals surface area contributed by atoms with E-state index < -0.39 is 22.8 Å². The molecular weight excluding hydrogens is 1060 g/mol. The highest BCUT2D eigenvalue weighted by Crippen LogP contribution is 2.48. The minimum Gasteiger partial charge on any atom is -0.426 e. The van der Waals surface area contributed by atoms with Crippen molar-refractivity contribution in [3.8, 4) is 11.5 Å². The molecule has 2 aliphatic rings. The van der Waals surface area contributed by atoms with Crippen LogP contribution in [0.25, 0.3) is 0 Å². The highest BCUT2D eigenvalue weighted by molar-refractivity contribution is 6.42. The molecule has 0 bridgehead atoms. The SMILES string of the molecule is Cc1cc(C)c(C(C)(C)CC(=O)N(C)[C@H]2CC[C@@H](c3ccc(Cl)c(Cl)c3)c3ccccc32)c(OC(=O)CCCCC(=O)Oc2cc(C)cc(C)c2C(C)(C)CC(=O)N(C)[C@H]2CC[C@@H](c3ccc(Cl)c(Cl)c3)c3ccccc32)c1. The minimum absolute atomic E-state index is 0.00709. The van der Waals surface area contributed by atoms with E-state index in [9.17, 15) is 19.2 Å². The molecule has 78 heavy (non-hydrogen) atoms. The van der Waals surface area contributed by atoms with E-state index in [2.05, 4.69) is 36.4 Å². The largest absolute Gasteiger partial charge is 0.426 e. The summed E-state index contributed by atoms with van der Waals surface area (Å²) < 4.78 is 12.3. The van der Waals surface area contributed by atoms with Crippen LogP contribution < -0.4 is 9.47 Å². The van der Waals surface area contributed by atoms with E-state index in [1.165, 1.54) is 11.1 Å². The summed E-state index contributed by atoms with van der Waals surface area (Å²) in [6.45, 7) is 16.0. The number of esters is 2. The number of amides is 2. The maximum absolute atomic E-state index is 14.4. The lowest BCUT2D eigenvalue weighted by molar-refractivity contribution is -0.136. The number of fused-ring (bicyclic) bond motifs is 2. The molecule has 4 atom stereocenters. The van der Waals surface area contributed by atoms with Gasteiger partial charge >= 0.3 is 11.9 Å². The molecule has 2 aliphatic carbocycles. The predicted molar refractivity (Wildman–Crippen MR) is 316 cm³/mol. The molecule has 0 aliphatic heterocycles. The lowest BCUT2D eigenvalue weighted by Gasteiger charge is -2.38. The first-order chi connectivity index (χ1) is 36.9. The summed E-state index contributed by atoms with van der Waals surface area (Å²) in [5, 5.41) is 2.09. The van der Waals surface area contributed by atoms with Gasteiger partial charge in [-0.25, -0.2) is 0 Å². The first-order valence-electron chi connectivity index (χ1n) is 27.2. The van der Waals surface area contributed by atoms with Crippen molar-refractivity contribution in [2.45, 2.75) is 154 Å². The van der Waals surface area contributed by atoms with Crippen molar-refractivity contribution in [1.29, 1.82) is 0 Å². The first kappa shape index (κ1) is 58.5. The summed E-state index contributed by atoms with van der Waals surface area (Å²) in [5.41, 5.74) is 10.8. The van der Waals surface area contributed by atoms with E-state index >= 15 is 0 Å². The highest BCUT2D eigenvalue weighted by Gasteiger charge is 2.38. The second-order valence-electron chi connectivity index (χ2n) is 23.1. The van der Waals surface area contributed by atoms with Gasteiger partial charge in [0, 0.05) is 73.6 Å². The number of hydrogen-bond acceptors (Lipinski definition) is 6. The Hall–Kier alpha value is -5.64. The Kier molecular flexibility index (Phi) is 18.3. The molecule has 410 valence electrons. The van der Waals surface area contributed by atoms with Gasteiger partial charge in [-0.1, -0.05) is 147 Å². The van der Waals surface area contributed by atoms with Crippen molar-refractivity contribution in [3.63, 3.8) is 0 Å². The Balaban J connectivity index is 0.870. The van der Waals surface area contributed by atoms with Gasteiger partial charge in [0.1, 0.15) is 11.5 Å². The van der Waals surface area contributed by atoms with Gasteiger partial charge in [-0.05, 0) is 158 Å². The summed E-state index contributed by atoms with van der Waals surface area (Å²) in [7, 11) is 3.77. The number of ether oxygens (including phenoxy) is 2. The van der Waals surface area contributed by atoms with E-state index in [1.54, 1.807) is 0 Å². The third kappa shape index (κ3) is 13.0. The average Bonchev–Trinajstić information content (AvgIpc) is 3.43. The molecule has 0 fully saturated rings. The molecule has 0 heterocycles. The van der Waals surface area contributed by atoms with Crippen LogP contribution in [0.15, 0.2) is 109 Å².